The second-order valence-corrected chi connectivity index (χ2v) is 5.62. The highest BCUT2D eigenvalue weighted by Crippen LogP contribution is 2.28. The molecular weight excluding hydrogens is 343 g/mol. The second kappa shape index (κ2) is 6.85. The summed E-state index contributed by atoms with van der Waals surface area (Å²) in [5.74, 6) is 0.355. The van der Waals surface area contributed by atoms with Gasteiger partial charge in [0, 0.05) is 11.1 Å². The molecule has 0 atom stereocenters. The Labute approximate surface area is 142 Å². The molecule has 0 saturated carbocycles. The Bertz CT molecular complexity index is 793. The molecule has 2 rings (SSSR count). The van der Waals surface area contributed by atoms with Crippen LogP contribution in [0.1, 0.15) is 11.1 Å². The molecule has 0 aromatic heterocycles. The van der Waals surface area contributed by atoms with Crippen LogP contribution in [0.3, 0.4) is 0 Å². The largest absolute Gasteiger partial charge is 0.417 e. The number of anilines is 1. The maximum atomic E-state index is 11.9. The summed E-state index contributed by atoms with van der Waals surface area (Å²) in [6.45, 7) is 3.54. The van der Waals surface area contributed by atoms with Gasteiger partial charge in [-0.25, -0.2) is 4.79 Å². The molecule has 0 unspecified atom stereocenters. The summed E-state index contributed by atoms with van der Waals surface area (Å²) >= 11 is 11.7. The average Bonchev–Trinajstić information content (AvgIpc) is 2.46. The zero-order chi connectivity index (χ0) is 17.1. The van der Waals surface area contributed by atoms with Crippen LogP contribution in [0, 0.1) is 24.0 Å². The summed E-state index contributed by atoms with van der Waals surface area (Å²) in [7, 11) is 0. The molecule has 2 aromatic rings. The highest BCUT2D eigenvalue weighted by atomic mass is 35.5. The maximum absolute atomic E-state index is 11.9. The minimum Gasteiger partial charge on any atom is -0.410 e. The number of nitro benzene ring substituents is 1. The van der Waals surface area contributed by atoms with Gasteiger partial charge in [-0.15, -0.1) is 0 Å². The Morgan fingerprint density at radius 3 is 2.48 bits per heavy atom. The number of aryl methyl sites for hydroxylation is 2. The van der Waals surface area contributed by atoms with Crippen molar-refractivity contribution in [3.63, 3.8) is 0 Å². The van der Waals surface area contributed by atoms with E-state index in [0.29, 0.717) is 16.3 Å². The SMILES string of the molecule is Cc1cc(OC(=O)Nc2ccc(Cl)c([N+](=O)[O-])c2)c(C)cc1Cl. The lowest BCUT2D eigenvalue weighted by atomic mass is 10.1. The molecule has 23 heavy (non-hydrogen) atoms. The molecule has 0 heterocycles. The first kappa shape index (κ1) is 17.1. The summed E-state index contributed by atoms with van der Waals surface area (Å²) in [4.78, 5) is 22.1. The van der Waals surface area contributed by atoms with E-state index in [-0.39, 0.29) is 16.4 Å². The molecule has 1 N–H and O–H groups in total. The van der Waals surface area contributed by atoms with Gasteiger partial charge in [-0.05, 0) is 49.2 Å². The lowest BCUT2D eigenvalue weighted by Gasteiger charge is -2.10. The number of halogens is 2. The molecule has 1 amide bonds. The van der Waals surface area contributed by atoms with E-state index in [1.54, 1.807) is 26.0 Å². The molecular formula is C15H12Cl2N2O4. The van der Waals surface area contributed by atoms with E-state index >= 15 is 0 Å². The molecule has 8 heteroatoms. The summed E-state index contributed by atoms with van der Waals surface area (Å²) < 4.78 is 5.20. The maximum Gasteiger partial charge on any atom is 0.417 e. The number of carbonyl (C=O) groups excluding carboxylic acids is 1. The van der Waals surface area contributed by atoms with Gasteiger partial charge in [0.2, 0.25) is 0 Å². The molecule has 0 aliphatic rings. The predicted molar refractivity (Wildman–Crippen MR) is 88.7 cm³/mol. The first-order valence-electron chi connectivity index (χ1n) is 6.47. The summed E-state index contributed by atoms with van der Waals surface area (Å²) in [5, 5.41) is 13.8. The molecule has 0 aliphatic heterocycles. The predicted octanol–water partition coefficient (Wildman–Crippen LogP) is 5.13. The third-order valence-corrected chi connectivity index (χ3v) is 3.77. The van der Waals surface area contributed by atoms with Gasteiger partial charge in [-0.2, -0.15) is 0 Å². The van der Waals surface area contributed by atoms with Gasteiger partial charge in [0.05, 0.1) is 10.6 Å². The number of benzene rings is 2. The van der Waals surface area contributed by atoms with Crippen molar-refractivity contribution in [1.29, 1.82) is 0 Å². The van der Waals surface area contributed by atoms with Crippen LogP contribution < -0.4 is 10.1 Å². The van der Waals surface area contributed by atoms with E-state index in [2.05, 4.69) is 5.32 Å². The standard InChI is InChI=1S/C15H12Cl2N2O4/c1-8-6-14(9(2)5-12(8)17)23-15(20)18-10-3-4-11(16)13(7-10)19(21)22/h3-7H,1-2H3,(H,18,20). The molecule has 0 saturated heterocycles. The van der Waals surface area contributed by atoms with Gasteiger partial charge in [-0.3, -0.25) is 15.4 Å². The van der Waals surface area contributed by atoms with Gasteiger partial charge in [0.25, 0.3) is 5.69 Å². The molecule has 0 aliphatic carbocycles. The van der Waals surface area contributed by atoms with Crippen LogP contribution in [0.4, 0.5) is 16.2 Å². The van der Waals surface area contributed by atoms with E-state index in [9.17, 15) is 14.9 Å². The average molecular weight is 355 g/mol. The van der Waals surface area contributed by atoms with E-state index in [0.717, 1.165) is 11.6 Å². The van der Waals surface area contributed by atoms with Crippen LogP contribution in [0.15, 0.2) is 30.3 Å². The summed E-state index contributed by atoms with van der Waals surface area (Å²) in [6.07, 6.45) is -0.772. The quantitative estimate of drug-likeness (QED) is 0.611. The fourth-order valence-corrected chi connectivity index (χ4v) is 2.24. The lowest BCUT2D eigenvalue weighted by Crippen LogP contribution is -2.17. The Balaban J connectivity index is 2.16. The van der Waals surface area contributed by atoms with E-state index < -0.39 is 11.0 Å². The molecule has 0 radical (unpaired) electrons. The molecule has 120 valence electrons. The fourth-order valence-electron chi connectivity index (χ4n) is 1.84. The first-order chi connectivity index (χ1) is 10.8. The summed E-state index contributed by atoms with van der Waals surface area (Å²) in [5.41, 5.74) is 1.36. The van der Waals surface area contributed by atoms with Crippen molar-refractivity contribution in [1.82, 2.24) is 0 Å². The number of amides is 1. The fraction of sp³-hybridized carbons (Fsp3) is 0.133. The third-order valence-electron chi connectivity index (χ3n) is 3.05. The number of nitrogens with zero attached hydrogens (tertiary/aromatic N) is 1. The molecule has 2 aromatic carbocycles. The van der Waals surface area contributed by atoms with E-state index in [1.807, 2.05) is 0 Å². The minimum absolute atomic E-state index is 0.0157. The van der Waals surface area contributed by atoms with Crippen molar-refractivity contribution in [2.45, 2.75) is 13.8 Å². The first-order valence-corrected chi connectivity index (χ1v) is 7.23. The van der Waals surface area contributed by atoms with Gasteiger partial charge in [-0.1, -0.05) is 23.2 Å². The van der Waals surface area contributed by atoms with Crippen molar-refractivity contribution >= 4 is 40.7 Å². The zero-order valence-electron chi connectivity index (χ0n) is 12.2. The Morgan fingerprint density at radius 2 is 1.83 bits per heavy atom. The van der Waals surface area contributed by atoms with Crippen molar-refractivity contribution in [3.8, 4) is 5.75 Å². The number of ether oxygens (including phenoxy) is 1. The third kappa shape index (κ3) is 4.12. The van der Waals surface area contributed by atoms with Crippen LogP contribution in [0.5, 0.6) is 5.75 Å². The van der Waals surface area contributed by atoms with E-state index in [1.165, 1.54) is 12.1 Å². The normalized spacial score (nSPS) is 10.3. The van der Waals surface area contributed by atoms with Crippen LogP contribution in [-0.2, 0) is 0 Å². The highest BCUT2D eigenvalue weighted by Gasteiger charge is 2.15. The molecule has 0 fully saturated rings. The minimum atomic E-state index is -0.772. The van der Waals surface area contributed by atoms with Crippen LogP contribution in [-0.4, -0.2) is 11.0 Å². The number of hydrogen-bond donors (Lipinski definition) is 1. The number of nitrogens with one attached hydrogen (secondary N) is 1. The number of rotatable bonds is 3. The number of nitro groups is 1. The molecule has 6 nitrogen and oxygen atoms in total. The van der Waals surface area contributed by atoms with Gasteiger partial charge in [0.15, 0.2) is 0 Å². The smallest absolute Gasteiger partial charge is 0.410 e. The second-order valence-electron chi connectivity index (χ2n) is 4.80. The van der Waals surface area contributed by atoms with E-state index in [4.69, 9.17) is 27.9 Å². The van der Waals surface area contributed by atoms with Crippen molar-refractivity contribution in [2.24, 2.45) is 0 Å². The topological polar surface area (TPSA) is 81.5 Å². The van der Waals surface area contributed by atoms with Crippen molar-refractivity contribution in [2.75, 3.05) is 5.32 Å². The number of hydrogen-bond acceptors (Lipinski definition) is 4. The molecule has 0 spiro atoms. The van der Waals surface area contributed by atoms with Crippen molar-refractivity contribution in [3.05, 3.63) is 61.6 Å². The zero-order valence-corrected chi connectivity index (χ0v) is 13.7. The monoisotopic (exact) mass is 354 g/mol. The van der Waals surface area contributed by atoms with Crippen LogP contribution in [0.25, 0.3) is 0 Å². The van der Waals surface area contributed by atoms with Gasteiger partial charge < -0.3 is 4.74 Å². The Morgan fingerprint density at radius 1 is 1.13 bits per heavy atom. The van der Waals surface area contributed by atoms with Crippen LogP contribution >= 0.6 is 23.2 Å². The summed E-state index contributed by atoms with van der Waals surface area (Å²) in [6, 6.07) is 7.25. The van der Waals surface area contributed by atoms with Gasteiger partial charge >= 0.3 is 6.09 Å². The Hall–Kier alpha value is -2.31. The molecule has 0 bridgehead atoms. The lowest BCUT2D eigenvalue weighted by molar-refractivity contribution is -0.384. The van der Waals surface area contributed by atoms with Crippen molar-refractivity contribution < 1.29 is 14.5 Å². The Kier molecular flexibility index (Phi) is 5.08. The van der Waals surface area contributed by atoms with Crippen LogP contribution in [0.2, 0.25) is 10.0 Å². The highest BCUT2D eigenvalue weighted by molar-refractivity contribution is 6.32. The number of carbonyl (C=O) groups is 1. The van der Waals surface area contributed by atoms with Gasteiger partial charge in [0.1, 0.15) is 10.8 Å².